The summed E-state index contributed by atoms with van der Waals surface area (Å²) in [6.45, 7) is 10.7. The first-order valence-corrected chi connectivity index (χ1v) is 10.3. The van der Waals surface area contributed by atoms with Gasteiger partial charge < -0.3 is 14.2 Å². The molecule has 7 nitrogen and oxygen atoms in total. The molecular weight excluding hydrogens is 386 g/mol. The van der Waals surface area contributed by atoms with Crippen LogP contribution in [0, 0.1) is 0 Å². The van der Waals surface area contributed by atoms with Gasteiger partial charge in [-0.1, -0.05) is 30.3 Å². The number of rotatable bonds is 5. The predicted molar refractivity (Wildman–Crippen MR) is 112 cm³/mol. The van der Waals surface area contributed by atoms with Gasteiger partial charge in [0, 0.05) is 6.04 Å². The van der Waals surface area contributed by atoms with E-state index in [1.165, 1.54) is 4.90 Å². The minimum Gasteiger partial charge on any atom is -0.460 e. The Morgan fingerprint density at radius 3 is 2.10 bits per heavy atom. The monoisotopic (exact) mass is 419 g/mol. The zero-order valence-electron chi connectivity index (χ0n) is 18.8. The molecule has 1 saturated heterocycles. The average Bonchev–Trinajstić information content (AvgIpc) is 3.01. The fraction of sp³-hybridized carbons (Fsp3) is 0.609. The van der Waals surface area contributed by atoms with Crippen LogP contribution in [0.25, 0.3) is 0 Å². The summed E-state index contributed by atoms with van der Waals surface area (Å²) in [5, 5.41) is 0. The highest BCUT2D eigenvalue weighted by Crippen LogP contribution is 2.30. The van der Waals surface area contributed by atoms with Crippen LogP contribution in [0.5, 0.6) is 0 Å². The molecule has 1 heterocycles. The van der Waals surface area contributed by atoms with Gasteiger partial charge in [-0.3, -0.25) is 9.69 Å². The van der Waals surface area contributed by atoms with Crippen molar-refractivity contribution >= 4 is 18.0 Å². The van der Waals surface area contributed by atoms with E-state index in [9.17, 15) is 14.4 Å². The first-order chi connectivity index (χ1) is 13.9. The van der Waals surface area contributed by atoms with E-state index in [4.69, 9.17) is 14.2 Å². The predicted octanol–water partition coefficient (Wildman–Crippen LogP) is 4.23. The maximum atomic E-state index is 12.9. The van der Waals surface area contributed by atoms with Crippen molar-refractivity contribution in [3.05, 3.63) is 35.9 Å². The molecule has 1 fully saturated rings. The Morgan fingerprint density at radius 1 is 0.933 bits per heavy atom. The Bertz CT molecular complexity index is 747. The molecule has 1 aromatic rings. The Labute approximate surface area is 178 Å². The minimum atomic E-state index is -0.795. The van der Waals surface area contributed by atoms with Crippen molar-refractivity contribution in [3.8, 4) is 0 Å². The van der Waals surface area contributed by atoms with Gasteiger partial charge in [-0.15, -0.1) is 0 Å². The second-order valence-corrected chi connectivity index (χ2v) is 9.52. The lowest BCUT2D eigenvalue weighted by Gasteiger charge is -2.32. The van der Waals surface area contributed by atoms with Crippen LogP contribution in [-0.4, -0.2) is 46.2 Å². The summed E-state index contributed by atoms with van der Waals surface area (Å²) in [5.74, 6) is -0.921. The lowest BCUT2D eigenvalue weighted by Crippen LogP contribution is -2.48. The number of benzene rings is 1. The van der Waals surface area contributed by atoms with E-state index in [0.717, 1.165) is 5.56 Å². The number of hydrogen-bond donors (Lipinski definition) is 0. The van der Waals surface area contributed by atoms with Gasteiger partial charge in [0.15, 0.2) is 0 Å². The maximum Gasteiger partial charge on any atom is 0.411 e. The van der Waals surface area contributed by atoms with E-state index in [1.54, 1.807) is 41.5 Å². The number of carbonyl (C=O) groups excluding carboxylic acids is 3. The largest absolute Gasteiger partial charge is 0.460 e. The molecule has 0 N–H and O–H groups in total. The molecule has 2 rings (SSSR count). The summed E-state index contributed by atoms with van der Waals surface area (Å²) in [5.41, 5.74) is -0.493. The summed E-state index contributed by atoms with van der Waals surface area (Å²) in [6.07, 6.45) is 0.262. The van der Waals surface area contributed by atoms with Crippen molar-refractivity contribution < 1.29 is 28.6 Å². The molecule has 0 aliphatic carbocycles. The molecule has 1 aliphatic heterocycles. The van der Waals surface area contributed by atoms with Crippen LogP contribution in [0.3, 0.4) is 0 Å². The molecule has 0 bridgehead atoms. The molecule has 0 aromatic heterocycles. The van der Waals surface area contributed by atoms with Crippen molar-refractivity contribution in [2.75, 3.05) is 0 Å². The van der Waals surface area contributed by atoms with Crippen molar-refractivity contribution in [2.24, 2.45) is 0 Å². The highest BCUT2D eigenvalue weighted by Gasteiger charge is 2.44. The summed E-state index contributed by atoms with van der Waals surface area (Å²) in [7, 11) is 0. The third kappa shape index (κ3) is 7.35. The number of carbonyl (C=O) groups is 3. The number of nitrogens with zero attached hydrogens (tertiary/aromatic N) is 1. The molecule has 0 unspecified atom stereocenters. The topological polar surface area (TPSA) is 82.1 Å². The van der Waals surface area contributed by atoms with Crippen LogP contribution in [0.4, 0.5) is 4.79 Å². The lowest BCUT2D eigenvalue weighted by molar-refractivity contribution is -0.157. The van der Waals surface area contributed by atoms with Gasteiger partial charge in [0.2, 0.25) is 0 Å². The fourth-order valence-electron chi connectivity index (χ4n) is 3.31. The average molecular weight is 420 g/mol. The molecule has 2 atom stereocenters. The lowest BCUT2D eigenvalue weighted by atomic mass is 10.1. The summed E-state index contributed by atoms with van der Waals surface area (Å²) in [6, 6.07) is 8.05. The maximum absolute atomic E-state index is 12.9. The Hall–Kier alpha value is -2.57. The molecule has 1 aliphatic rings. The normalized spacial score (nSPS) is 19.3. The van der Waals surface area contributed by atoms with E-state index in [2.05, 4.69) is 0 Å². The minimum absolute atomic E-state index is 0.00101. The Morgan fingerprint density at radius 2 is 1.53 bits per heavy atom. The van der Waals surface area contributed by atoms with Gasteiger partial charge in [0.25, 0.3) is 0 Å². The number of likely N-dealkylation sites (tertiary alicyclic amines) is 1. The quantitative estimate of drug-likeness (QED) is 0.525. The van der Waals surface area contributed by atoms with Gasteiger partial charge in [0.05, 0.1) is 6.42 Å². The molecule has 0 saturated carbocycles. The first kappa shape index (κ1) is 23.7. The Balaban J connectivity index is 2.11. The van der Waals surface area contributed by atoms with Crippen LogP contribution in [0.15, 0.2) is 30.3 Å². The van der Waals surface area contributed by atoms with Crippen molar-refractivity contribution in [1.29, 1.82) is 0 Å². The third-order valence-corrected chi connectivity index (χ3v) is 4.43. The standard InChI is InChI=1S/C23H33NO6/c1-22(2,3)29-19(25)14-17-12-13-18(24(17)21(27)30-23(4,5)6)20(26)28-15-16-10-8-7-9-11-16/h7-11,17-18H,12-15H2,1-6H3/t17-,18-/m0/s1. The molecule has 0 spiro atoms. The SMILES string of the molecule is CC(C)(C)OC(=O)C[C@@H]1CC[C@@H](C(=O)OCc2ccccc2)N1C(=O)OC(C)(C)C. The van der Waals surface area contributed by atoms with Gasteiger partial charge in [0.1, 0.15) is 23.9 Å². The second kappa shape index (κ2) is 9.49. The highest BCUT2D eigenvalue weighted by atomic mass is 16.6. The number of esters is 2. The van der Waals surface area contributed by atoms with Gasteiger partial charge in [-0.2, -0.15) is 0 Å². The van der Waals surface area contributed by atoms with E-state index in [0.29, 0.717) is 12.8 Å². The number of hydrogen-bond acceptors (Lipinski definition) is 6. The zero-order valence-corrected chi connectivity index (χ0v) is 18.8. The number of amides is 1. The van der Waals surface area contributed by atoms with E-state index >= 15 is 0 Å². The summed E-state index contributed by atoms with van der Waals surface area (Å²) in [4.78, 5) is 39.3. The Kier molecular flexibility index (Phi) is 7.50. The summed E-state index contributed by atoms with van der Waals surface area (Å²) < 4.78 is 16.4. The van der Waals surface area contributed by atoms with Gasteiger partial charge in [-0.25, -0.2) is 9.59 Å². The molecule has 166 valence electrons. The first-order valence-electron chi connectivity index (χ1n) is 10.3. The second-order valence-electron chi connectivity index (χ2n) is 9.52. The number of ether oxygens (including phenoxy) is 3. The highest BCUT2D eigenvalue weighted by molar-refractivity contribution is 5.83. The van der Waals surface area contributed by atoms with Crippen molar-refractivity contribution in [1.82, 2.24) is 4.90 Å². The van der Waals surface area contributed by atoms with Crippen LogP contribution in [0.2, 0.25) is 0 Å². The van der Waals surface area contributed by atoms with Crippen LogP contribution in [0.1, 0.15) is 66.4 Å². The van der Waals surface area contributed by atoms with Gasteiger partial charge in [-0.05, 0) is 59.9 Å². The van der Waals surface area contributed by atoms with Crippen LogP contribution in [-0.2, 0) is 30.4 Å². The zero-order chi connectivity index (χ0) is 22.5. The third-order valence-electron chi connectivity index (χ3n) is 4.43. The van der Waals surface area contributed by atoms with Crippen LogP contribution >= 0.6 is 0 Å². The van der Waals surface area contributed by atoms with Crippen molar-refractivity contribution in [2.45, 2.75) is 90.7 Å². The van der Waals surface area contributed by atoms with E-state index in [1.807, 2.05) is 30.3 Å². The van der Waals surface area contributed by atoms with Gasteiger partial charge >= 0.3 is 18.0 Å². The fourth-order valence-corrected chi connectivity index (χ4v) is 3.31. The van der Waals surface area contributed by atoms with E-state index < -0.39 is 41.3 Å². The molecule has 1 aromatic carbocycles. The van der Waals surface area contributed by atoms with E-state index in [-0.39, 0.29) is 13.0 Å². The molecule has 7 heteroatoms. The van der Waals surface area contributed by atoms with Crippen LogP contribution < -0.4 is 0 Å². The summed E-state index contributed by atoms with van der Waals surface area (Å²) >= 11 is 0. The molecule has 1 amide bonds. The van der Waals surface area contributed by atoms with Crippen molar-refractivity contribution in [3.63, 3.8) is 0 Å². The molecular formula is C23H33NO6. The molecule has 0 radical (unpaired) electrons. The smallest absolute Gasteiger partial charge is 0.411 e. The molecule has 30 heavy (non-hydrogen) atoms.